The van der Waals surface area contributed by atoms with Crippen LogP contribution < -0.4 is 11.1 Å². The van der Waals surface area contributed by atoms with E-state index in [1.54, 1.807) is 6.20 Å². The number of hydrogen-bond acceptors (Lipinski definition) is 5. The quantitative estimate of drug-likeness (QED) is 0.858. The highest BCUT2D eigenvalue weighted by atomic mass is 32.1. The highest BCUT2D eigenvalue weighted by molar-refractivity contribution is 7.21. The number of nitrogens with two attached hydrogens (primary N) is 1. The fourth-order valence-corrected chi connectivity index (χ4v) is 3.00. The molecule has 3 heterocycles. The Morgan fingerprint density at radius 3 is 3.22 bits per heavy atom. The van der Waals surface area contributed by atoms with E-state index in [0.29, 0.717) is 29.3 Å². The van der Waals surface area contributed by atoms with Crippen LogP contribution in [0.3, 0.4) is 0 Å². The molecule has 5 nitrogen and oxygen atoms in total. The molecule has 0 saturated carbocycles. The van der Waals surface area contributed by atoms with Crippen LogP contribution in [0.15, 0.2) is 18.3 Å². The third-order valence-electron chi connectivity index (χ3n) is 2.95. The first-order valence-electron chi connectivity index (χ1n) is 5.77. The van der Waals surface area contributed by atoms with Gasteiger partial charge in [0.25, 0.3) is 5.91 Å². The number of pyridine rings is 1. The second-order valence-electron chi connectivity index (χ2n) is 4.23. The van der Waals surface area contributed by atoms with E-state index in [2.05, 4.69) is 10.3 Å². The van der Waals surface area contributed by atoms with E-state index < -0.39 is 0 Å². The molecule has 0 radical (unpaired) electrons. The van der Waals surface area contributed by atoms with Crippen molar-refractivity contribution in [2.45, 2.75) is 12.5 Å². The molecule has 0 bridgehead atoms. The molecule has 0 aromatic carbocycles. The van der Waals surface area contributed by atoms with Crippen LogP contribution in [0.5, 0.6) is 0 Å². The zero-order chi connectivity index (χ0) is 12.5. The Kier molecular flexibility index (Phi) is 2.89. The normalized spacial score (nSPS) is 19.2. The molecule has 18 heavy (non-hydrogen) atoms. The Labute approximate surface area is 108 Å². The van der Waals surface area contributed by atoms with Gasteiger partial charge < -0.3 is 15.8 Å². The van der Waals surface area contributed by atoms with E-state index in [1.807, 2.05) is 12.1 Å². The van der Waals surface area contributed by atoms with Crippen LogP contribution in [-0.4, -0.2) is 30.1 Å². The zero-order valence-electron chi connectivity index (χ0n) is 9.68. The van der Waals surface area contributed by atoms with E-state index in [0.717, 1.165) is 11.1 Å². The molecule has 94 valence electrons. The lowest BCUT2D eigenvalue weighted by molar-refractivity contribution is 0.0935. The van der Waals surface area contributed by atoms with Gasteiger partial charge in [-0.3, -0.25) is 9.78 Å². The van der Waals surface area contributed by atoms with Crippen molar-refractivity contribution in [3.8, 4) is 0 Å². The lowest BCUT2D eigenvalue weighted by atomic mass is 10.2. The molecule has 1 fully saturated rings. The summed E-state index contributed by atoms with van der Waals surface area (Å²) in [4.78, 5) is 16.9. The predicted molar refractivity (Wildman–Crippen MR) is 70.7 cm³/mol. The number of rotatable bonds is 2. The third-order valence-corrected chi connectivity index (χ3v) is 4.11. The van der Waals surface area contributed by atoms with Crippen LogP contribution in [-0.2, 0) is 4.74 Å². The highest BCUT2D eigenvalue weighted by Gasteiger charge is 2.22. The number of nitrogens with zero attached hydrogens (tertiary/aromatic N) is 1. The Morgan fingerprint density at radius 2 is 2.50 bits per heavy atom. The minimum atomic E-state index is -0.133. The van der Waals surface area contributed by atoms with Crippen molar-refractivity contribution in [3.05, 3.63) is 23.2 Å². The molecule has 1 unspecified atom stereocenters. The van der Waals surface area contributed by atoms with E-state index >= 15 is 0 Å². The Bertz CT molecular complexity index is 590. The van der Waals surface area contributed by atoms with Gasteiger partial charge in [-0.2, -0.15) is 0 Å². The lowest BCUT2D eigenvalue weighted by Gasteiger charge is -2.09. The summed E-state index contributed by atoms with van der Waals surface area (Å²) in [6.45, 7) is 1.28. The third kappa shape index (κ3) is 1.93. The number of carbonyl (C=O) groups is 1. The van der Waals surface area contributed by atoms with Gasteiger partial charge in [0.2, 0.25) is 0 Å². The van der Waals surface area contributed by atoms with Crippen LogP contribution in [0.4, 0.5) is 5.69 Å². The highest BCUT2D eigenvalue weighted by Crippen LogP contribution is 2.31. The monoisotopic (exact) mass is 263 g/mol. The largest absolute Gasteiger partial charge is 0.396 e. The summed E-state index contributed by atoms with van der Waals surface area (Å²) in [6.07, 6.45) is 2.53. The van der Waals surface area contributed by atoms with Crippen molar-refractivity contribution >= 4 is 33.1 Å². The van der Waals surface area contributed by atoms with Crippen LogP contribution in [0.25, 0.3) is 10.2 Å². The predicted octanol–water partition coefficient (Wildman–Crippen LogP) is 1.40. The number of fused-ring (bicyclic) bond motifs is 1. The number of carbonyl (C=O) groups excluding carboxylic acids is 1. The first kappa shape index (κ1) is 11.4. The number of amides is 1. The molecule has 1 atom stereocenters. The lowest BCUT2D eigenvalue weighted by Crippen LogP contribution is -2.34. The molecular weight excluding hydrogens is 250 g/mol. The minimum absolute atomic E-state index is 0.0927. The fourth-order valence-electron chi connectivity index (χ4n) is 2.02. The van der Waals surface area contributed by atoms with Gasteiger partial charge in [0, 0.05) is 12.8 Å². The maximum absolute atomic E-state index is 12.1. The molecule has 1 amide bonds. The summed E-state index contributed by atoms with van der Waals surface area (Å²) in [6, 6.07) is 3.85. The topological polar surface area (TPSA) is 77.2 Å². The Balaban J connectivity index is 1.88. The molecule has 6 heteroatoms. The molecule has 1 aliphatic rings. The SMILES string of the molecule is Nc1c(C(=O)NC2CCOC2)sc2cccnc12. The smallest absolute Gasteiger partial charge is 0.263 e. The summed E-state index contributed by atoms with van der Waals surface area (Å²) in [7, 11) is 0. The maximum Gasteiger partial charge on any atom is 0.263 e. The first-order chi connectivity index (χ1) is 8.75. The number of aromatic nitrogens is 1. The molecule has 3 rings (SSSR count). The number of thiophene rings is 1. The van der Waals surface area contributed by atoms with Crippen molar-refractivity contribution in [2.75, 3.05) is 18.9 Å². The second-order valence-corrected chi connectivity index (χ2v) is 5.28. The van der Waals surface area contributed by atoms with Crippen molar-refractivity contribution < 1.29 is 9.53 Å². The van der Waals surface area contributed by atoms with Gasteiger partial charge in [0.05, 0.1) is 23.0 Å². The zero-order valence-corrected chi connectivity index (χ0v) is 10.5. The summed E-state index contributed by atoms with van der Waals surface area (Å²) < 4.78 is 6.16. The average Bonchev–Trinajstić information content (AvgIpc) is 2.98. The number of ether oxygens (including phenoxy) is 1. The van der Waals surface area contributed by atoms with Gasteiger partial charge in [0.1, 0.15) is 10.4 Å². The second kappa shape index (κ2) is 4.55. The van der Waals surface area contributed by atoms with Crippen molar-refractivity contribution in [1.29, 1.82) is 0 Å². The molecule has 3 N–H and O–H groups in total. The number of anilines is 1. The van der Waals surface area contributed by atoms with Crippen LogP contribution >= 0.6 is 11.3 Å². The Morgan fingerprint density at radius 1 is 1.61 bits per heavy atom. The van der Waals surface area contributed by atoms with Crippen molar-refractivity contribution in [1.82, 2.24) is 10.3 Å². The fraction of sp³-hybridized carbons (Fsp3) is 0.333. The summed E-state index contributed by atoms with van der Waals surface area (Å²) in [5.41, 5.74) is 7.14. The van der Waals surface area contributed by atoms with E-state index in [9.17, 15) is 4.79 Å². The van der Waals surface area contributed by atoms with Gasteiger partial charge >= 0.3 is 0 Å². The molecular formula is C12H13N3O2S. The van der Waals surface area contributed by atoms with Gasteiger partial charge in [-0.15, -0.1) is 11.3 Å². The molecule has 0 aliphatic carbocycles. The average molecular weight is 263 g/mol. The number of nitrogens with one attached hydrogen (secondary N) is 1. The molecule has 2 aromatic heterocycles. The van der Waals surface area contributed by atoms with E-state index in [4.69, 9.17) is 10.5 Å². The summed E-state index contributed by atoms with van der Waals surface area (Å²) >= 11 is 1.38. The number of nitrogen functional groups attached to an aromatic ring is 1. The van der Waals surface area contributed by atoms with Crippen molar-refractivity contribution in [2.24, 2.45) is 0 Å². The van der Waals surface area contributed by atoms with E-state index in [-0.39, 0.29) is 11.9 Å². The van der Waals surface area contributed by atoms with Gasteiger partial charge in [-0.25, -0.2) is 0 Å². The van der Waals surface area contributed by atoms with Crippen LogP contribution in [0.1, 0.15) is 16.1 Å². The summed E-state index contributed by atoms with van der Waals surface area (Å²) in [5, 5.41) is 2.94. The first-order valence-corrected chi connectivity index (χ1v) is 6.59. The molecule has 1 aliphatic heterocycles. The molecule has 0 spiro atoms. The standard InChI is InChI=1S/C12H13N3O2S/c13-9-10-8(2-1-4-14-10)18-11(9)12(16)15-7-3-5-17-6-7/h1-2,4,7H,3,5-6,13H2,(H,15,16). The molecule has 1 saturated heterocycles. The minimum Gasteiger partial charge on any atom is -0.396 e. The van der Waals surface area contributed by atoms with Gasteiger partial charge in [0.15, 0.2) is 0 Å². The van der Waals surface area contributed by atoms with Crippen LogP contribution in [0, 0.1) is 0 Å². The van der Waals surface area contributed by atoms with Gasteiger partial charge in [-0.05, 0) is 18.6 Å². The van der Waals surface area contributed by atoms with Crippen LogP contribution in [0.2, 0.25) is 0 Å². The molecule has 2 aromatic rings. The Hall–Kier alpha value is -1.66. The summed E-state index contributed by atoms with van der Waals surface area (Å²) in [5.74, 6) is -0.133. The van der Waals surface area contributed by atoms with E-state index in [1.165, 1.54) is 11.3 Å². The number of hydrogen-bond donors (Lipinski definition) is 2. The van der Waals surface area contributed by atoms with Gasteiger partial charge in [-0.1, -0.05) is 0 Å². The van der Waals surface area contributed by atoms with Crippen molar-refractivity contribution in [3.63, 3.8) is 0 Å². The maximum atomic E-state index is 12.1.